The third-order valence-electron chi connectivity index (χ3n) is 10.5. The number of likely N-dealkylation sites (tertiary alicyclic amines) is 2. The number of carboxylic acid groups (broad SMARTS) is 1. The van der Waals surface area contributed by atoms with Crippen molar-refractivity contribution in [1.82, 2.24) is 24.5 Å². The average Bonchev–Trinajstić information content (AvgIpc) is 3.23. The van der Waals surface area contributed by atoms with Crippen LogP contribution in [0.15, 0.2) is 42.5 Å². The maximum atomic E-state index is 14.5. The Balaban J connectivity index is 1.23. The number of urea groups is 1. The van der Waals surface area contributed by atoms with Crippen molar-refractivity contribution in [2.45, 2.75) is 56.7 Å². The maximum Gasteiger partial charge on any atom is 0.407 e. The van der Waals surface area contributed by atoms with Crippen molar-refractivity contribution < 1.29 is 19.5 Å². The summed E-state index contributed by atoms with van der Waals surface area (Å²) in [6, 6.07) is 12.6. The van der Waals surface area contributed by atoms with Gasteiger partial charge in [0, 0.05) is 76.2 Å². The molecule has 4 aliphatic rings. The first-order chi connectivity index (χ1) is 22.2. The van der Waals surface area contributed by atoms with E-state index in [9.17, 15) is 19.5 Å². The minimum Gasteiger partial charge on any atom is -0.465 e. The van der Waals surface area contributed by atoms with Gasteiger partial charge < -0.3 is 30.0 Å². The minimum atomic E-state index is -1.04. The fraction of sp³-hybridized carbons (Fsp3) is 0.559. The van der Waals surface area contributed by atoms with Crippen LogP contribution < -0.4 is 5.32 Å². The number of benzene rings is 2. The van der Waals surface area contributed by atoms with Crippen LogP contribution in [0.25, 0.3) is 0 Å². The lowest BCUT2D eigenvalue weighted by molar-refractivity contribution is -0.140. The molecule has 2 N–H and O–H groups in total. The van der Waals surface area contributed by atoms with Crippen LogP contribution in [0.3, 0.4) is 0 Å². The number of piperidine rings is 2. The van der Waals surface area contributed by atoms with E-state index in [1.54, 1.807) is 12.1 Å². The number of nitrogens with zero attached hydrogens (tertiary/aromatic N) is 5. The quantitative estimate of drug-likeness (QED) is 0.449. The summed E-state index contributed by atoms with van der Waals surface area (Å²) in [6.07, 6.45) is 2.68. The largest absolute Gasteiger partial charge is 0.465 e. The number of halogens is 2. The van der Waals surface area contributed by atoms with Crippen molar-refractivity contribution in [1.29, 1.82) is 0 Å². The number of carbonyl (C=O) groups excluding carboxylic acids is 2. The van der Waals surface area contributed by atoms with Crippen molar-refractivity contribution in [2.75, 3.05) is 64.7 Å². The molecule has 12 heteroatoms. The van der Waals surface area contributed by atoms with Gasteiger partial charge in [0.25, 0.3) is 0 Å². The fourth-order valence-electron chi connectivity index (χ4n) is 7.80. The number of anilines is 1. The van der Waals surface area contributed by atoms with E-state index in [1.165, 1.54) is 4.90 Å². The Labute approximate surface area is 281 Å². The highest BCUT2D eigenvalue weighted by atomic mass is 35.5. The highest BCUT2D eigenvalue weighted by Crippen LogP contribution is 2.34. The van der Waals surface area contributed by atoms with E-state index in [0.29, 0.717) is 61.4 Å². The predicted molar refractivity (Wildman–Crippen MR) is 180 cm³/mol. The summed E-state index contributed by atoms with van der Waals surface area (Å²) < 4.78 is 0. The lowest BCUT2D eigenvalue weighted by Gasteiger charge is -2.46. The number of piperazine rings is 1. The van der Waals surface area contributed by atoms with Crippen molar-refractivity contribution in [3.05, 3.63) is 63.6 Å². The summed E-state index contributed by atoms with van der Waals surface area (Å²) in [4.78, 5) is 50.8. The molecule has 0 aliphatic carbocycles. The first-order valence-corrected chi connectivity index (χ1v) is 17.2. The summed E-state index contributed by atoms with van der Waals surface area (Å²) in [5.41, 5.74) is 2.71. The Morgan fingerprint density at radius 2 is 1.63 bits per heavy atom. The fourth-order valence-corrected chi connectivity index (χ4v) is 8.12. The van der Waals surface area contributed by atoms with E-state index < -0.39 is 18.1 Å². The zero-order chi connectivity index (χ0) is 32.4. The molecule has 2 aromatic rings. The molecule has 0 bridgehead atoms. The van der Waals surface area contributed by atoms with E-state index in [0.717, 1.165) is 55.8 Å². The maximum absolute atomic E-state index is 14.5. The number of nitrogens with one attached hydrogen (secondary N) is 1. The van der Waals surface area contributed by atoms with Gasteiger partial charge in [-0.05, 0) is 74.9 Å². The van der Waals surface area contributed by atoms with Crippen molar-refractivity contribution >= 4 is 46.9 Å². The van der Waals surface area contributed by atoms with Gasteiger partial charge >= 0.3 is 12.1 Å². The molecule has 6 rings (SSSR count). The second-order valence-electron chi connectivity index (χ2n) is 13.2. The van der Waals surface area contributed by atoms with Crippen LogP contribution in [0.1, 0.15) is 36.8 Å². The summed E-state index contributed by atoms with van der Waals surface area (Å²) >= 11 is 12.6. The highest BCUT2D eigenvalue weighted by molar-refractivity contribution is 6.42. The molecule has 4 heterocycles. The van der Waals surface area contributed by atoms with Gasteiger partial charge in [-0.2, -0.15) is 0 Å². The molecule has 0 saturated carbocycles. The third kappa shape index (κ3) is 7.25. The van der Waals surface area contributed by atoms with Crippen molar-refractivity contribution in [3.63, 3.8) is 0 Å². The molecule has 3 atom stereocenters. The number of amides is 4. The van der Waals surface area contributed by atoms with E-state index >= 15 is 0 Å². The molecule has 10 nitrogen and oxygen atoms in total. The first kappa shape index (κ1) is 32.9. The topological polar surface area (TPSA) is 99.7 Å². The Morgan fingerprint density at radius 1 is 0.913 bits per heavy atom. The van der Waals surface area contributed by atoms with E-state index in [1.807, 2.05) is 40.1 Å². The second-order valence-corrected chi connectivity index (χ2v) is 14.0. The second kappa shape index (κ2) is 14.4. The smallest absolute Gasteiger partial charge is 0.407 e. The number of carbonyl (C=O) groups is 3. The van der Waals surface area contributed by atoms with Gasteiger partial charge in [0.1, 0.15) is 0 Å². The molecule has 3 fully saturated rings. The molecule has 0 aromatic heterocycles. The monoisotopic (exact) mass is 670 g/mol. The molecule has 2 aromatic carbocycles. The van der Waals surface area contributed by atoms with Crippen molar-refractivity contribution in [2.24, 2.45) is 5.92 Å². The van der Waals surface area contributed by atoms with Crippen LogP contribution in [0.4, 0.5) is 15.3 Å². The number of hydrogen-bond donors (Lipinski definition) is 2. The third-order valence-corrected chi connectivity index (χ3v) is 11.2. The Kier molecular flexibility index (Phi) is 10.3. The van der Waals surface area contributed by atoms with E-state index in [-0.39, 0.29) is 24.5 Å². The zero-order valence-corrected chi connectivity index (χ0v) is 27.9. The number of para-hydroxylation sites is 1. The van der Waals surface area contributed by atoms with Crippen LogP contribution in [-0.2, 0) is 17.6 Å². The Hall–Kier alpha value is -3.05. The minimum absolute atomic E-state index is 0.0347. The average molecular weight is 672 g/mol. The number of likely N-dealkylation sites (N-methyl/N-ethyl adjacent to an activating group) is 1. The van der Waals surface area contributed by atoms with Crippen LogP contribution in [0.5, 0.6) is 0 Å². The van der Waals surface area contributed by atoms with Crippen molar-refractivity contribution in [3.8, 4) is 0 Å². The molecule has 4 aliphatic heterocycles. The Morgan fingerprint density at radius 3 is 2.35 bits per heavy atom. The SMILES string of the molecule is CN1CCN(C2CCN(C(=O)C(Cc3ccc(Cl)c(Cl)c3)[C@H]3CC(N4CCc5ccccc5NC4=O)CCN3C(=O)O)CC2)CC1. The molecular weight excluding hydrogens is 627 g/mol. The molecule has 46 heavy (non-hydrogen) atoms. The van der Waals surface area contributed by atoms with Crippen LogP contribution in [0.2, 0.25) is 10.0 Å². The summed E-state index contributed by atoms with van der Waals surface area (Å²) in [5.74, 6) is -0.670. The number of hydrogen-bond acceptors (Lipinski definition) is 5. The highest BCUT2D eigenvalue weighted by Gasteiger charge is 2.44. The van der Waals surface area contributed by atoms with E-state index in [2.05, 4.69) is 22.2 Å². The number of fused-ring (bicyclic) bond motifs is 1. The van der Waals surface area contributed by atoms with Crippen LogP contribution >= 0.6 is 23.2 Å². The van der Waals surface area contributed by atoms with Gasteiger partial charge in [-0.3, -0.25) is 9.69 Å². The molecule has 2 unspecified atom stereocenters. The molecule has 0 radical (unpaired) electrons. The van der Waals surface area contributed by atoms with Crippen LogP contribution in [-0.4, -0.2) is 125 Å². The van der Waals surface area contributed by atoms with E-state index in [4.69, 9.17) is 23.2 Å². The van der Waals surface area contributed by atoms with Gasteiger partial charge in [0.15, 0.2) is 0 Å². The lowest BCUT2D eigenvalue weighted by atomic mass is 9.82. The molecule has 248 valence electrons. The van der Waals surface area contributed by atoms with Gasteiger partial charge in [-0.25, -0.2) is 9.59 Å². The number of rotatable bonds is 6. The Bertz CT molecular complexity index is 1430. The normalized spacial score (nSPS) is 24.2. The standard InChI is InChI=1S/C34H44Cl2N6O4/c1-38-16-18-39(19-17-38)25-9-12-40(13-10-25)32(43)27(20-23-6-7-28(35)29(36)21-23)31-22-26(11-15-42(31)34(45)46)41-14-8-24-4-2-3-5-30(24)37-33(41)44/h2-7,21,25-27,31H,8-20,22H2,1H3,(H,37,44)(H,45,46)/t26?,27?,31-/m1/s1. The first-order valence-electron chi connectivity index (χ1n) is 16.5. The molecule has 3 saturated heterocycles. The van der Waals surface area contributed by atoms with Gasteiger partial charge in [0.2, 0.25) is 5.91 Å². The summed E-state index contributed by atoms with van der Waals surface area (Å²) in [5, 5.41) is 14.2. The molecule has 0 spiro atoms. The predicted octanol–water partition coefficient (Wildman–Crippen LogP) is 4.99. The summed E-state index contributed by atoms with van der Waals surface area (Å²) in [7, 11) is 2.15. The van der Waals surface area contributed by atoms with Crippen LogP contribution in [0, 0.1) is 5.92 Å². The lowest BCUT2D eigenvalue weighted by Crippen LogP contribution is -2.59. The zero-order valence-electron chi connectivity index (χ0n) is 26.4. The summed E-state index contributed by atoms with van der Waals surface area (Å²) in [6.45, 7) is 6.26. The van der Waals surface area contributed by atoms with Gasteiger partial charge in [-0.1, -0.05) is 47.5 Å². The van der Waals surface area contributed by atoms with Gasteiger partial charge in [-0.15, -0.1) is 0 Å². The molecular formula is C34H44Cl2N6O4. The molecule has 4 amide bonds. The van der Waals surface area contributed by atoms with Gasteiger partial charge in [0.05, 0.1) is 16.0 Å².